The van der Waals surface area contributed by atoms with E-state index in [0.717, 1.165) is 17.2 Å². The van der Waals surface area contributed by atoms with Crippen molar-refractivity contribution in [2.75, 3.05) is 12.4 Å². The Bertz CT molecular complexity index is 453. The maximum Gasteiger partial charge on any atom is 0.213 e. The fourth-order valence-corrected chi connectivity index (χ4v) is 2.02. The third kappa shape index (κ3) is 2.70. The van der Waals surface area contributed by atoms with E-state index in [-0.39, 0.29) is 0 Å². The summed E-state index contributed by atoms with van der Waals surface area (Å²) >= 11 is 1.70. The lowest BCUT2D eigenvalue weighted by molar-refractivity contribution is 0.398. The molecule has 16 heavy (non-hydrogen) atoms. The molecule has 0 saturated carbocycles. The summed E-state index contributed by atoms with van der Waals surface area (Å²) in [4.78, 5) is 9.53. The van der Waals surface area contributed by atoms with Crippen molar-refractivity contribution in [3.63, 3.8) is 0 Å². The Morgan fingerprint density at radius 1 is 1.31 bits per heavy atom. The van der Waals surface area contributed by atoms with Crippen molar-refractivity contribution in [1.29, 1.82) is 0 Å². The van der Waals surface area contributed by atoms with Gasteiger partial charge in [0.15, 0.2) is 0 Å². The largest absolute Gasteiger partial charge is 0.481 e. The van der Waals surface area contributed by atoms with Gasteiger partial charge < -0.3 is 10.1 Å². The molecular weight excluding hydrogens is 222 g/mol. The maximum atomic E-state index is 4.99. The summed E-state index contributed by atoms with van der Waals surface area (Å²) in [5, 5.41) is 4.37. The first-order chi connectivity index (χ1) is 7.78. The van der Waals surface area contributed by atoms with E-state index in [2.05, 4.69) is 15.3 Å². The highest BCUT2D eigenvalue weighted by molar-refractivity contribution is 7.11. The number of nitrogens with zero attached hydrogens (tertiary/aromatic N) is 2. The first-order valence-electron chi connectivity index (χ1n) is 4.93. The Labute approximate surface area is 98.3 Å². The van der Waals surface area contributed by atoms with Gasteiger partial charge in [-0.3, -0.25) is 0 Å². The van der Waals surface area contributed by atoms with Crippen LogP contribution in [0.1, 0.15) is 9.88 Å². The molecule has 0 spiro atoms. The smallest absolute Gasteiger partial charge is 0.213 e. The molecule has 2 aromatic heterocycles. The SMILES string of the molecule is COc1ccc(NCc2cnc(C)s2)cn1. The minimum absolute atomic E-state index is 0.624. The van der Waals surface area contributed by atoms with Crippen LogP contribution >= 0.6 is 11.3 Å². The number of nitrogens with one attached hydrogen (secondary N) is 1. The van der Waals surface area contributed by atoms with E-state index in [1.807, 2.05) is 25.3 Å². The zero-order chi connectivity index (χ0) is 11.4. The number of hydrogen-bond acceptors (Lipinski definition) is 5. The van der Waals surface area contributed by atoms with Crippen molar-refractivity contribution in [2.45, 2.75) is 13.5 Å². The van der Waals surface area contributed by atoms with E-state index >= 15 is 0 Å². The number of methoxy groups -OCH3 is 1. The van der Waals surface area contributed by atoms with E-state index in [0.29, 0.717) is 5.88 Å². The highest BCUT2D eigenvalue weighted by atomic mass is 32.1. The molecule has 84 valence electrons. The van der Waals surface area contributed by atoms with Crippen LogP contribution < -0.4 is 10.1 Å². The minimum Gasteiger partial charge on any atom is -0.481 e. The van der Waals surface area contributed by atoms with Crippen molar-refractivity contribution in [1.82, 2.24) is 9.97 Å². The summed E-state index contributed by atoms with van der Waals surface area (Å²) in [7, 11) is 1.61. The Balaban J connectivity index is 1.94. The Morgan fingerprint density at radius 2 is 2.19 bits per heavy atom. The number of rotatable bonds is 4. The summed E-state index contributed by atoms with van der Waals surface area (Å²) in [6.07, 6.45) is 3.65. The second kappa shape index (κ2) is 4.94. The minimum atomic E-state index is 0.624. The number of thiazole rings is 1. The molecule has 2 rings (SSSR count). The van der Waals surface area contributed by atoms with Gasteiger partial charge in [-0.25, -0.2) is 9.97 Å². The molecule has 0 aromatic carbocycles. The molecule has 0 aliphatic carbocycles. The van der Waals surface area contributed by atoms with Crippen LogP contribution in [0, 0.1) is 6.92 Å². The zero-order valence-electron chi connectivity index (χ0n) is 9.23. The van der Waals surface area contributed by atoms with Crippen molar-refractivity contribution in [3.8, 4) is 5.88 Å². The summed E-state index contributed by atoms with van der Waals surface area (Å²) < 4.78 is 4.99. The van der Waals surface area contributed by atoms with Gasteiger partial charge in [0.2, 0.25) is 5.88 Å². The maximum absolute atomic E-state index is 4.99. The van der Waals surface area contributed by atoms with Gasteiger partial charge >= 0.3 is 0 Å². The summed E-state index contributed by atoms with van der Waals surface area (Å²) in [5.41, 5.74) is 0.979. The summed E-state index contributed by atoms with van der Waals surface area (Å²) in [6, 6.07) is 3.78. The first kappa shape index (κ1) is 10.9. The van der Waals surface area contributed by atoms with Crippen molar-refractivity contribution < 1.29 is 4.74 Å². The Hall–Kier alpha value is -1.62. The standard InChI is InChI=1S/C11H13N3OS/c1-8-12-6-10(16-8)7-13-9-3-4-11(15-2)14-5-9/h3-6,13H,7H2,1-2H3. The number of pyridine rings is 1. The molecular formula is C11H13N3OS. The van der Waals surface area contributed by atoms with Crippen LogP contribution in [0.5, 0.6) is 5.88 Å². The van der Waals surface area contributed by atoms with Gasteiger partial charge in [-0.15, -0.1) is 11.3 Å². The van der Waals surface area contributed by atoms with E-state index in [9.17, 15) is 0 Å². The molecule has 2 aromatic rings. The zero-order valence-corrected chi connectivity index (χ0v) is 10.0. The highest BCUT2D eigenvalue weighted by Gasteiger charge is 1.99. The molecule has 1 N–H and O–H groups in total. The predicted octanol–water partition coefficient (Wildman–Crippen LogP) is 2.47. The fourth-order valence-electron chi connectivity index (χ4n) is 1.28. The van der Waals surface area contributed by atoms with E-state index in [4.69, 9.17) is 4.74 Å². The number of aryl methyl sites for hydroxylation is 1. The van der Waals surface area contributed by atoms with Crippen LogP contribution in [-0.4, -0.2) is 17.1 Å². The van der Waals surface area contributed by atoms with Crippen LogP contribution in [0.15, 0.2) is 24.5 Å². The number of aromatic nitrogens is 2. The quantitative estimate of drug-likeness (QED) is 0.884. The average Bonchev–Trinajstić information content (AvgIpc) is 2.73. The first-order valence-corrected chi connectivity index (χ1v) is 5.75. The van der Waals surface area contributed by atoms with Gasteiger partial charge in [0.25, 0.3) is 0 Å². The number of hydrogen-bond donors (Lipinski definition) is 1. The molecule has 0 aliphatic rings. The van der Waals surface area contributed by atoms with Gasteiger partial charge in [-0.2, -0.15) is 0 Å². The second-order valence-electron chi connectivity index (χ2n) is 3.29. The third-order valence-corrected chi connectivity index (χ3v) is 2.99. The average molecular weight is 235 g/mol. The Morgan fingerprint density at radius 3 is 2.75 bits per heavy atom. The summed E-state index contributed by atoms with van der Waals surface area (Å²) in [6.45, 7) is 2.78. The molecule has 0 aliphatic heterocycles. The van der Waals surface area contributed by atoms with Crippen LogP contribution in [-0.2, 0) is 6.54 Å². The van der Waals surface area contributed by atoms with Gasteiger partial charge in [0, 0.05) is 17.1 Å². The van der Waals surface area contributed by atoms with Crippen LogP contribution in [0.3, 0.4) is 0 Å². The lowest BCUT2D eigenvalue weighted by atomic mass is 10.4. The number of anilines is 1. The monoisotopic (exact) mass is 235 g/mol. The molecule has 0 fully saturated rings. The molecule has 5 heteroatoms. The normalized spacial score (nSPS) is 10.1. The van der Waals surface area contributed by atoms with Crippen molar-refractivity contribution >= 4 is 17.0 Å². The Kier molecular flexibility index (Phi) is 3.36. The van der Waals surface area contributed by atoms with Crippen LogP contribution in [0.4, 0.5) is 5.69 Å². The molecule has 4 nitrogen and oxygen atoms in total. The van der Waals surface area contributed by atoms with Crippen LogP contribution in [0.25, 0.3) is 0 Å². The molecule has 0 unspecified atom stereocenters. The molecule has 0 bridgehead atoms. The molecule has 0 atom stereocenters. The topological polar surface area (TPSA) is 47.0 Å². The number of ether oxygens (including phenoxy) is 1. The van der Waals surface area contributed by atoms with E-state index in [1.165, 1.54) is 4.88 Å². The molecule has 0 amide bonds. The van der Waals surface area contributed by atoms with Crippen molar-refractivity contribution in [2.24, 2.45) is 0 Å². The van der Waals surface area contributed by atoms with E-state index < -0.39 is 0 Å². The molecule has 0 saturated heterocycles. The van der Waals surface area contributed by atoms with Crippen LogP contribution in [0.2, 0.25) is 0 Å². The van der Waals surface area contributed by atoms with E-state index in [1.54, 1.807) is 24.6 Å². The third-order valence-electron chi connectivity index (χ3n) is 2.08. The lowest BCUT2D eigenvalue weighted by Gasteiger charge is -2.04. The fraction of sp³-hybridized carbons (Fsp3) is 0.273. The van der Waals surface area contributed by atoms with Gasteiger partial charge in [0.05, 0.1) is 30.5 Å². The van der Waals surface area contributed by atoms with Gasteiger partial charge in [-0.1, -0.05) is 0 Å². The second-order valence-corrected chi connectivity index (χ2v) is 4.61. The highest BCUT2D eigenvalue weighted by Crippen LogP contribution is 2.15. The predicted molar refractivity (Wildman–Crippen MR) is 65.0 cm³/mol. The van der Waals surface area contributed by atoms with Crippen molar-refractivity contribution in [3.05, 3.63) is 34.4 Å². The van der Waals surface area contributed by atoms with Gasteiger partial charge in [0.1, 0.15) is 0 Å². The summed E-state index contributed by atoms with van der Waals surface area (Å²) in [5.74, 6) is 0.624. The lowest BCUT2D eigenvalue weighted by Crippen LogP contribution is -1.98. The molecule has 2 heterocycles. The van der Waals surface area contributed by atoms with Gasteiger partial charge in [-0.05, 0) is 13.0 Å². The molecule has 0 radical (unpaired) electrons.